The monoisotopic (exact) mass is 258 g/mol. The van der Waals surface area contributed by atoms with Crippen molar-refractivity contribution in [2.45, 2.75) is 20.4 Å². The quantitative estimate of drug-likeness (QED) is 0.885. The zero-order chi connectivity index (χ0) is 13.8. The van der Waals surface area contributed by atoms with E-state index in [1.165, 1.54) is 0 Å². The number of aromatic hydroxyl groups is 1. The Labute approximate surface area is 113 Å². The van der Waals surface area contributed by atoms with Crippen molar-refractivity contribution in [1.29, 1.82) is 0 Å². The summed E-state index contributed by atoms with van der Waals surface area (Å²) in [4.78, 5) is 4.39. The number of para-hydroxylation sites is 1. The minimum absolute atomic E-state index is 0.176. The lowest BCUT2D eigenvalue weighted by atomic mass is 10.1. The first-order valence-corrected chi connectivity index (χ1v) is 6.15. The molecule has 0 fully saturated rings. The number of methoxy groups -OCH3 is 1. The Morgan fingerprint density at radius 1 is 1.21 bits per heavy atom. The predicted octanol–water partition coefficient (Wildman–Crippen LogP) is 3.02. The first kappa shape index (κ1) is 13.2. The number of aryl methyl sites for hydroxylation is 2. The van der Waals surface area contributed by atoms with E-state index in [2.05, 4.69) is 10.3 Å². The van der Waals surface area contributed by atoms with E-state index in [0.29, 0.717) is 12.3 Å². The number of aromatic nitrogens is 1. The number of ether oxygens (including phenoxy) is 1. The Kier molecular flexibility index (Phi) is 3.90. The highest BCUT2D eigenvalue weighted by atomic mass is 16.5. The second kappa shape index (κ2) is 5.61. The largest absolute Gasteiger partial charge is 0.504 e. The lowest BCUT2D eigenvalue weighted by molar-refractivity contribution is 0.371. The van der Waals surface area contributed by atoms with E-state index in [1.807, 2.05) is 38.1 Å². The molecule has 0 spiro atoms. The third kappa shape index (κ3) is 2.96. The first-order chi connectivity index (χ1) is 9.11. The zero-order valence-corrected chi connectivity index (χ0v) is 11.4. The normalized spacial score (nSPS) is 10.3. The molecule has 1 heterocycles. The molecule has 1 aromatic carbocycles. The standard InChI is InChI=1S/C15H18N2O2/c1-10-7-8-13(11(2)17-10)16-9-12-5-4-6-14(19-3)15(12)18/h4-8,16,18H,9H2,1-3H3. The third-order valence-corrected chi connectivity index (χ3v) is 3.00. The van der Waals surface area contributed by atoms with Gasteiger partial charge in [-0.05, 0) is 32.0 Å². The molecule has 100 valence electrons. The second-order valence-electron chi connectivity index (χ2n) is 4.41. The topological polar surface area (TPSA) is 54.4 Å². The van der Waals surface area contributed by atoms with Gasteiger partial charge < -0.3 is 15.2 Å². The van der Waals surface area contributed by atoms with Crippen LogP contribution in [0, 0.1) is 13.8 Å². The van der Waals surface area contributed by atoms with Crippen LogP contribution < -0.4 is 10.1 Å². The molecule has 0 aliphatic heterocycles. The van der Waals surface area contributed by atoms with Crippen molar-refractivity contribution in [2.75, 3.05) is 12.4 Å². The Hall–Kier alpha value is -2.23. The van der Waals surface area contributed by atoms with Gasteiger partial charge in [-0.2, -0.15) is 0 Å². The number of nitrogens with one attached hydrogen (secondary N) is 1. The maximum absolute atomic E-state index is 10.00. The summed E-state index contributed by atoms with van der Waals surface area (Å²) in [6.45, 7) is 4.44. The van der Waals surface area contributed by atoms with E-state index in [0.717, 1.165) is 22.6 Å². The van der Waals surface area contributed by atoms with Gasteiger partial charge in [0.1, 0.15) is 0 Å². The van der Waals surface area contributed by atoms with E-state index in [-0.39, 0.29) is 5.75 Å². The van der Waals surface area contributed by atoms with E-state index >= 15 is 0 Å². The van der Waals surface area contributed by atoms with Crippen molar-refractivity contribution in [3.63, 3.8) is 0 Å². The van der Waals surface area contributed by atoms with Crippen molar-refractivity contribution >= 4 is 5.69 Å². The number of phenols is 1. The van der Waals surface area contributed by atoms with Crippen LogP contribution in [0.4, 0.5) is 5.69 Å². The zero-order valence-electron chi connectivity index (χ0n) is 11.4. The summed E-state index contributed by atoms with van der Waals surface area (Å²) in [5, 5.41) is 13.3. The lowest BCUT2D eigenvalue weighted by Crippen LogP contribution is -2.03. The van der Waals surface area contributed by atoms with Gasteiger partial charge in [0.25, 0.3) is 0 Å². The van der Waals surface area contributed by atoms with Crippen molar-refractivity contribution in [3.8, 4) is 11.5 Å². The Bertz CT molecular complexity index is 582. The highest BCUT2D eigenvalue weighted by Crippen LogP contribution is 2.29. The van der Waals surface area contributed by atoms with E-state index in [1.54, 1.807) is 13.2 Å². The van der Waals surface area contributed by atoms with Crippen LogP contribution in [0.25, 0.3) is 0 Å². The van der Waals surface area contributed by atoms with Gasteiger partial charge in [-0.3, -0.25) is 4.98 Å². The fourth-order valence-electron chi connectivity index (χ4n) is 1.94. The maximum Gasteiger partial charge on any atom is 0.162 e. The molecule has 19 heavy (non-hydrogen) atoms. The van der Waals surface area contributed by atoms with Gasteiger partial charge in [-0.25, -0.2) is 0 Å². The lowest BCUT2D eigenvalue weighted by Gasteiger charge is -2.12. The van der Waals surface area contributed by atoms with Crippen LogP contribution in [-0.4, -0.2) is 17.2 Å². The second-order valence-corrected chi connectivity index (χ2v) is 4.41. The van der Waals surface area contributed by atoms with Crippen molar-refractivity contribution < 1.29 is 9.84 Å². The van der Waals surface area contributed by atoms with Gasteiger partial charge in [0.05, 0.1) is 18.5 Å². The molecule has 0 saturated heterocycles. The summed E-state index contributed by atoms with van der Waals surface area (Å²) in [6.07, 6.45) is 0. The molecule has 2 N–H and O–H groups in total. The number of benzene rings is 1. The van der Waals surface area contributed by atoms with Gasteiger partial charge in [0.15, 0.2) is 11.5 Å². The SMILES string of the molecule is COc1cccc(CNc2ccc(C)nc2C)c1O. The summed E-state index contributed by atoms with van der Waals surface area (Å²) < 4.78 is 5.09. The molecule has 0 saturated carbocycles. The first-order valence-electron chi connectivity index (χ1n) is 6.15. The van der Waals surface area contributed by atoms with Crippen LogP contribution in [0.15, 0.2) is 30.3 Å². The van der Waals surface area contributed by atoms with Crippen LogP contribution in [0.3, 0.4) is 0 Å². The van der Waals surface area contributed by atoms with Gasteiger partial charge in [0, 0.05) is 17.8 Å². The highest BCUT2D eigenvalue weighted by molar-refractivity contribution is 5.51. The van der Waals surface area contributed by atoms with E-state index in [4.69, 9.17) is 4.74 Å². The third-order valence-electron chi connectivity index (χ3n) is 3.00. The minimum atomic E-state index is 0.176. The molecule has 0 atom stereocenters. The minimum Gasteiger partial charge on any atom is -0.504 e. The van der Waals surface area contributed by atoms with Crippen LogP contribution in [0.1, 0.15) is 17.0 Å². The summed E-state index contributed by atoms with van der Waals surface area (Å²) in [7, 11) is 1.54. The van der Waals surface area contributed by atoms with Crippen LogP contribution in [0.2, 0.25) is 0 Å². The number of rotatable bonds is 4. The summed E-state index contributed by atoms with van der Waals surface area (Å²) in [5.41, 5.74) is 3.70. The molecular weight excluding hydrogens is 240 g/mol. The Morgan fingerprint density at radius 3 is 2.68 bits per heavy atom. The molecular formula is C15H18N2O2. The van der Waals surface area contributed by atoms with Crippen molar-refractivity contribution in [3.05, 3.63) is 47.3 Å². The smallest absolute Gasteiger partial charge is 0.162 e. The predicted molar refractivity (Wildman–Crippen MR) is 75.7 cm³/mol. The molecule has 2 aromatic rings. The van der Waals surface area contributed by atoms with Gasteiger partial charge in [0.2, 0.25) is 0 Å². The highest BCUT2D eigenvalue weighted by Gasteiger charge is 2.07. The molecule has 0 amide bonds. The number of hydrogen-bond acceptors (Lipinski definition) is 4. The number of pyridine rings is 1. The number of phenolic OH excluding ortho intramolecular Hbond substituents is 1. The Morgan fingerprint density at radius 2 is 2.00 bits per heavy atom. The average Bonchev–Trinajstić information content (AvgIpc) is 2.39. The van der Waals surface area contributed by atoms with Crippen molar-refractivity contribution in [2.24, 2.45) is 0 Å². The molecule has 0 bridgehead atoms. The molecule has 0 radical (unpaired) electrons. The molecule has 0 aliphatic rings. The Balaban J connectivity index is 2.14. The van der Waals surface area contributed by atoms with Gasteiger partial charge >= 0.3 is 0 Å². The fourth-order valence-corrected chi connectivity index (χ4v) is 1.94. The summed E-state index contributed by atoms with van der Waals surface area (Å²) in [5.74, 6) is 0.660. The number of nitrogens with zero attached hydrogens (tertiary/aromatic N) is 1. The van der Waals surface area contributed by atoms with Crippen LogP contribution in [0.5, 0.6) is 11.5 Å². The fraction of sp³-hybridized carbons (Fsp3) is 0.267. The molecule has 0 aliphatic carbocycles. The molecule has 4 nitrogen and oxygen atoms in total. The van der Waals surface area contributed by atoms with E-state index < -0.39 is 0 Å². The average molecular weight is 258 g/mol. The molecule has 0 unspecified atom stereocenters. The van der Waals surface area contributed by atoms with Crippen molar-refractivity contribution in [1.82, 2.24) is 4.98 Å². The number of hydrogen-bond donors (Lipinski definition) is 2. The molecule has 4 heteroatoms. The van der Waals surface area contributed by atoms with Gasteiger partial charge in [-0.15, -0.1) is 0 Å². The summed E-state index contributed by atoms with van der Waals surface area (Å²) >= 11 is 0. The van der Waals surface area contributed by atoms with E-state index in [9.17, 15) is 5.11 Å². The number of anilines is 1. The van der Waals surface area contributed by atoms with Gasteiger partial charge in [-0.1, -0.05) is 12.1 Å². The molecule has 1 aromatic heterocycles. The summed E-state index contributed by atoms with van der Waals surface area (Å²) in [6, 6.07) is 9.41. The molecule has 2 rings (SSSR count). The maximum atomic E-state index is 10.00. The van der Waals surface area contributed by atoms with Crippen LogP contribution in [-0.2, 0) is 6.54 Å². The van der Waals surface area contributed by atoms with Crippen LogP contribution >= 0.6 is 0 Å².